The lowest BCUT2D eigenvalue weighted by Crippen LogP contribution is -2.38. The number of carbonyl (C=O) groups excluding carboxylic acids is 1. The molecule has 2 aromatic rings. The second-order valence-electron chi connectivity index (χ2n) is 6.71. The number of nitrogens with zero attached hydrogens (tertiary/aromatic N) is 4. The predicted molar refractivity (Wildman–Crippen MR) is 94.5 cm³/mol. The zero-order chi connectivity index (χ0) is 19.1. The standard InChI is InChI=1S/C16H21F3N6O.ClH/c1-8-11(5-6-13(26)21-7-12(20)10-3-4-10)9(2)25-15(22-8)23-14(24-25)16(17,18)19;/h10,12H,3-7,20H2,1-2H3,(H,21,26);1H. The molecule has 1 atom stereocenters. The molecule has 0 aromatic carbocycles. The maximum Gasteiger partial charge on any atom is 0.453 e. The van der Waals surface area contributed by atoms with Crippen LogP contribution in [0.3, 0.4) is 0 Å². The zero-order valence-electron chi connectivity index (χ0n) is 15.0. The molecule has 0 spiro atoms. The van der Waals surface area contributed by atoms with E-state index in [9.17, 15) is 18.0 Å². The molecule has 2 heterocycles. The molecule has 7 nitrogen and oxygen atoms in total. The third kappa shape index (κ3) is 4.86. The van der Waals surface area contributed by atoms with Crippen LogP contribution in [-0.2, 0) is 17.4 Å². The van der Waals surface area contributed by atoms with E-state index in [0.29, 0.717) is 35.8 Å². The number of fused-ring (bicyclic) bond motifs is 1. The minimum atomic E-state index is -4.63. The fraction of sp³-hybridized carbons (Fsp3) is 0.625. The van der Waals surface area contributed by atoms with E-state index >= 15 is 0 Å². The maximum atomic E-state index is 12.8. The number of aryl methyl sites for hydroxylation is 2. The fourth-order valence-corrected chi connectivity index (χ4v) is 2.94. The summed E-state index contributed by atoms with van der Waals surface area (Å²) in [6.45, 7) is 3.77. The van der Waals surface area contributed by atoms with Crippen LogP contribution >= 0.6 is 12.4 Å². The molecule has 0 aliphatic heterocycles. The van der Waals surface area contributed by atoms with Gasteiger partial charge >= 0.3 is 6.18 Å². The second-order valence-corrected chi connectivity index (χ2v) is 6.71. The molecule has 1 fully saturated rings. The third-order valence-corrected chi connectivity index (χ3v) is 4.67. The number of hydrogen-bond donors (Lipinski definition) is 2. The van der Waals surface area contributed by atoms with Gasteiger partial charge in [-0.05, 0) is 44.6 Å². The molecule has 1 aliphatic carbocycles. The smallest absolute Gasteiger partial charge is 0.355 e. The van der Waals surface area contributed by atoms with Gasteiger partial charge in [0.25, 0.3) is 11.6 Å². The summed E-state index contributed by atoms with van der Waals surface area (Å²) in [6, 6.07) is -0.0172. The number of aromatic nitrogens is 4. The lowest BCUT2D eigenvalue weighted by atomic mass is 10.1. The van der Waals surface area contributed by atoms with Crippen LogP contribution in [0.2, 0.25) is 0 Å². The number of halogens is 4. The van der Waals surface area contributed by atoms with Crippen LogP contribution in [0.5, 0.6) is 0 Å². The van der Waals surface area contributed by atoms with Crippen molar-refractivity contribution in [2.75, 3.05) is 6.54 Å². The Labute approximate surface area is 160 Å². The number of nitrogens with one attached hydrogen (secondary N) is 1. The Hall–Kier alpha value is -1.94. The summed E-state index contributed by atoms with van der Waals surface area (Å²) >= 11 is 0. The normalized spacial score (nSPS) is 15.5. The maximum absolute atomic E-state index is 12.8. The van der Waals surface area contributed by atoms with E-state index < -0.39 is 12.0 Å². The number of carbonyl (C=O) groups is 1. The van der Waals surface area contributed by atoms with E-state index in [1.54, 1.807) is 13.8 Å². The molecule has 0 radical (unpaired) electrons. The molecule has 2 aromatic heterocycles. The van der Waals surface area contributed by atoms with Crippen molar-refractivity contribution in [1.82, 2.24) is 24.9 Å². The first-order valence-corrected chi connectivity index (χ1v) is 8.49. The van der Waals surface area contributed by atoms with Crippen molar-refractivity contribution in [1.29, 1.82) is 0 Å². The average Bonchev–Trinajstić information content (AvgIpc) is 3.31. The Balaban J connectivity index is 0.00000261. The Morgan fingerprint density at radius 1 is 1.33 bits per heavy atom. The van der Waals surface area contributed by atoms with E-state index in [4.69, 9.17) is 5.73 Å². The topological polar surface area (TPSA) is 98.2 Å². The van der Waals surface area contributed by atoms with Gasteiger partial charge in [0, 0.05) is 30.4 Å². The van der Waals surface area contributed by atoms with Gasteiger partial charge in [0.2, 0.25) is 5.91 Å². The van der Waals surface area contributed by atoms with Gasteiger partial charge in [0.1, 0.15) is 0 Å². The summed E-state index contributed by atoms with van der Waals surface area (Å²) in [5, 5.41) is 6.31. The molecule has 1 aliphatic rings. The van der Waals surface area contributed by atoms with Crippen molar-refractivity contribution in [3.8, 4) is 0 Å². The van der Waals surface area contributed by atoms with Crippen molar-refractivity contribution < 1.29 is 18.0 Å². The Bertz CT molecular complexity index is 834. The molecule has 0 bridgehead atoms. The molecule has 0 saturated heterocycles. The first kappa shape index (κ1) is 21.4. The van der Waals surface area contributed by atoms with Crippen molar-refractivity contribution in [3.63, 3.8) is 0 Å². The zero-order valence-corrected chi connectivity index (χ0v) is 15.8. The van der Waals surface area contributed by atoms with E-state index in [2.05, 4.69) is 20.4 Å². The van der Waals surface area contributed by atoms with Crippen LogP contribution in [0.15, 0.2) is 0 Å². The first-order valence-electron chi connectivity index (χ1n) is 8.49. The highest BCUT2D eigenvalue weighted by Gasteiger charge is 2.37. The van der Waals surface area contributed by atoms with Crippen LogP contribution in [0.1, 0.15) is 42.0 Å². The Kier molecular flexibility index (Phi) is 6.31. The molecular weight excluding hydrogens is 385 g/mol. The van der Waals surface area contributed by atoms with Crippen LogP contribution in [0.4, 0.5) is 13.2 Å². The number of amides is 1. The average molecular weight is 407 g/mol. The Morgan fingerprint density at radius 3 is 2.59 bits per heavy atom. The molecule has 150 valence electrons. The van der Waals surface area contributed by atoms with Gasteiger partial charge in [-0.2, -0.15) is 18.2 Å². The molecule has 1 amide bonds. The van der Waals surface area contributed by atoms with Gasteiger partial charge in [-0.1, -0.05) is 0 Å². The van der Waals surface area contributed by atoms with Crippen molar-refractivity contribution >= 4 is 24.1 Å². The van der Waals surface area contributed by atoms with Crippen molar-refractivity contribution in [2.24, 2.45) is 11.7 Å². The predicted octanol–water partition coefficient (Wildman–Crippen LogP) is 1.97. The lowest BCUT2D eigenvalue weighted by molar-refractivity contribution is -0.144. The highest BCUT2D eigenvalue weighted by atomic mass is 35.5. The summed E-state index contributed by atoms with van der Waals surface area (Å²) in [6.07, 6.45) is -1.86. The molecule has 11 heteroatoms. The van der Waals surface area contributed by atoms with Gasteiger partial charge in [-0.15, -0.1) is 17.5 Å². The summed E-state index contributed by atoms with van der Waals surface area (Å²) in [4.78, 5) is 19.5. The van der Waals surface area contributed by atoms with Crippen LogP contribution in [0, 0.1) is 19.8 Å². The number of nitrogens with two attached hydrogens (primary N) is 1. The van der Waals surface area contributed by atoms with E-state index in [-0.39, 0.29) is 36.6 Å². The summed E-state index contributed by atoms with van der Waals surface area (Å²) < 4.78 is 39.5. The van der Waals surface area contributed by atoms with Gasteiger partial charge in [-0.25, -0.2) is 9.50 Å². The van der Waals surface area contributed by atoms with Crippen molar-refractivity contribution in [2.45, 2.75) is 51.7 Å². The van der Waals surface area contributed by atoms with E-state index in [1.807, 2.05) is 0 Å². The minimum Gasteiger partial charge on any atom is -0.355 e. The largest absolute Gasteiger partial charge is 0.453 e. The van der Waals surface area contributed by atoms with Crippen LogP contribution in [0.25, 0.3) is 5.78 Å². The first-order chi connectivity index (χ1) is 12.2. The van der Waals surface area contributed by atoms with Crippen LogP contribution < -0.4 is 11.1 Å². The van der Waals surface area contributed by atoms with Gasteiger partial charge in [0.05, 0.1) is 0 Å². The second kappa shape index (κ2) is 7.97. The third-order valence-electron chi connectivity index (χ3n) is 4.67. The Morgan fingerprint density at radius 2 is 2.00 bits per heavy atom. The molecule has 1 saturated carbocycles. The van der Waals surface area contributed by atoms with Gasteiger partial charge in [0.15, 0.2) is 0 Å². The molecular formula is C16H22ClF3N6O. The van der Waals surface area contributed by atoms with Gasteiger partial charge < -0.3 is 11.1 Å². The molecule has 3 rings (SSSR count). The van der Waals surface area contributed by atoms with E-state index in [1.165, 1.54) is 0 Å². The molecule has 3 N–H and O–H groups in total. The summed E-state index contributed by atoms with van der Waals surface area (Å²) in [5.74, 6) is -0.969. The minimum absolute atomic E-state index is 0. The molecule has 27 heavy (non-hydrogen) atoms. The molecule has 1 unspecified atom stereocenters. The number of rotatable bonds is 6. The lowest BCUT2D eigenvalue weighted by Gasteiger charge is -2.13. The highest BCUT2D eigenvalue weighted by Crippen LogP contribution is 2.31. The van der Waals surface area contributed by atoms with Gasteiger partial charge in [-0.3, -0.25) is 4.79 Å². The number of hydrogen-bond acceptors (Lipinski definition) is 5. The SMILES string of the molecule is Cc1nc2nc(C(F)(F)F)nn2c(C)c1CCC(=O)NCC(N)C1CC1.Cl. The fourth-order valence-electron chi connectivity index (χ4n) is 2.94. The van der Waals surface area contributed by atoms with Crippen molar-refractivity contribution in [3.05, 3.63) is 22.8 Å². The quantitative estimate of drug-likeness (QED) is 0.764. The summed E-state index contributed by atoms with van der Waals surface area (Å²) in [5.41, 5.74) is 7.68. The summed E-state index contributed by atoms with van der Waals surface area (Å²) in [7, 11) is 0. The number of alkyl halides is 3. The highest BCUT2D eigenvalue weighted by molar-refractivity contribution is 5.85. The van der Waals surface area contributed by atoms with Crippen LogP contribution in [-0.4, -0.2) is 38.1 Å². The van der Waals surface area contributed by atoms with E-state index in [0.717, 1.165) is 17.4 Å². The monoisotopic (exact) mass is 406 g/mol.